The largest absolute Gasteiger partial charge is 0.756 e. The Hall–Kier alpha value is -8.15. The van der Waals surface area contributed by atoms with Gasteiger partial charge in [0, 0.05) is 81.5 Å². The maximum Gasteiger partial charge on any atom is 0.268 e. The van der Waals surface area contributed by atoms with Gasteiger partial charge in [-0.2, -0.15) is 21.0 Å². The fraction of sp³-hybridized carbons (Fsp3) is 0.554. The van der Waals surface area contributed by atoms with Crippen LogP contribution >= 0.6 is 15.6 Å². The van der Waals surface area contributed by atoms with Crippen molar-refractivity contribution >= 4 is 39.3 Å². The van der Waals surface area contributed by atoms with E-state index in [4.69, 9.17) is 56.0 Å². The third kappa shape index (κ3) is 17.4. The van der Waals surface area contributed by atoms with Crippen LogP contribution in [0.3, 0.4) is 0 Å². The van der Waals surface area contributed by atoms with E-state index in [2.05, 4.69) is 24.3 Å². The van der Waals surface area contributed by atoms with Gasteiger partial charge < -0.3 is 85.4 Å². The van der Waals surface area contributed by atoms with Crippen LogP contribution in [0.15, 0.2) is 72.8 Å². The van der Waals surface area contributed by atoms with Crippen LogP contribution in [-0.4, -0.2) is 169 Å². The van der Waals surface area contributed by atoms with Crippen molar-refractivity contribution in [1.29, 1.82) is 21.0 Å². The summed E-state index contributed by atoms with van der Waals surface area (Å²) < 4.78 is 95.8. The summed E-state index contributed by atoms with van der Waals surface area (Å²) in [5, 5.41) is 38.1. The van der Waals surface area contributed by atoms with Gasteiger partial charge in [-0.05, 0) is 154 Å². The number of hydrogen-bond acceptors (Lipinski definition) is 24. The molecule has 8 aliphatic heterocycles. The molecule has 104 heavy (non-hydrogen) atoms. The van der Waals surface area contributed by atoms with E-state index in [9.17, 15) is 59.1 Å². The van der Waals surface area contributed by atoms with Gasteiger partial charge in [0.2, 0.25) is 23.6 Å². The molecular weight excluding hydrogens is 1380 g/mol. The molecule has 12 rings (SSSR count). The molecule has 4 amide bonds. The molecule has 8 atom stereocenters. The number of nitriles is 4. The zero-order valence-electron chi connectivity index (χ0n) is 59.3. The van der Waals surface area contributed by atoms with E-state index in [1.807, 2.05) is 55.4 Å². The molecule has 4 fully saturated rings. The Morgan fingerprint density at radius 2 is 0.596 bits per heavy atom. The minimum Gasteiger partial charge on any atom is -0.756 e. The van der Waals surface area contributed by atoms with E-state index in [1.165, 1.54) is 0 Å². The lowest BCUT2D eigenvalue weighted by atomic mass is 9.84. The molecule has 8 unspecified atom stereocenters. The van der Waals surface area contributed by atoms with Gasteiger partial charge in [-0.1, -0.05) is 7.43 Å². The molecule has 0 N–H and O–H groups in total. The summed E-state index contributed by atoms with van der Waals surface area (Å²) in [5.74, 6) is 2.08. The molecular formula is C74H91N8O20P2-. The molecule has 8 heterocycles. The number of ether oxygens (including phenoxy) is 8. The van der Waals surface area contributed by atoms with Crippen molar-refractivity contribution in [2.75, 3.05) is 79.0 Å². The van der Waals surface area contributed by atoms with Crippen LogP contribution < -0.4 is 28.7 Å². The molecule has 0 aliphatic carbocycles. The van der Waals surface area contributed by atoms with Crippen molar-refractivity contribution < 1.29 is 94.1 Å². The van der Waals surface area contributed by atoms with Crippen LogP contribution in [0, 0.1) is 52.8 Å². The summed E-state index contributed by atoms with van der Waals surface area (Å²) in [6.07, 6.45) is 1.58. The number of phosphoric ester groups is 2. The minimum absolute atomic E-state index is 0. The highest BCUT2D eigenvalue weighted by molar-refractivity contribution is 7.46. The van der Waals surface area contributed by atoms with Gasteiger partial charge in [0.05, 0.1) is 124 Å². The Morgan fingerprint density at radius 3 is 0.769 bits per heavy atom. The number of amides is 4. The predicted octanol–water partition coefficient (Wildman–Crippen LogP) is 9.23. The predicted molar refractivity (Wildman–Crippen MR) is 369 cm³/mol. The molecule has 558 valence electrons. The number of hydrogen-bond donors (Lipinski definition) is 0. The maximum atomic E-state index is 12.9. The number of likely N-dealkylation sites (tertiary alicyclic amines) is 4. The van der Waals surface area contributed by atoms with Gasteiger partial charge in [0.25, 0.3) is 15.6 Å². The molecule has 30 heteroatoms. The normalized spacial score (nSPS) is 25.4. The first-order chi connectivity index (χ1) is 48.5. The highest BCUT2D eigenvalue weighted by atomic mass is 31.2. The third-order valence-corrected chi connectivity index (χ3v) is 21.5. The molecule has 0 saturated carbocycles. The summed E-state index contributed by atoms with van der Waals surface area (Å²) in [5.41, 5.74) is 0.667. The highest BCUT2D eigenvalue weighted by Gasteiger charge is 2.54. The number of benzene rings is 4. The Kier molecular flexibility index (Phi) is 25.1. The molecule has 0 spiro atoms. The SMILES string of the molecule is C.CC1(C)Oc2ccc(C#N)cc2C(N2CCCC2=O)C1OCCOP(=O)([O-])OCCOC1C(N2CCCC2=O)c2cc(C#N)ccc2OC1(C)C.CC1(C)Oc2ccc(C#N)cc2C(N2CCCC2=O)C1OCCOP(=O)([O-])OCCOC1C(N2CCCC2=O)c2cc(C#N)ccc2OC1(C)C.[CH3+]. The van der Waals surface area contributed by atoms with Gasteiger partial charge in [0.15, 0.2) is 0 Å². The summed E-state index contributed by atoms with van der Waals surface area (Å²) in [6.45, 7) is 14.7. The second-order valence-electron chi connectivity index (χ2n) is 28.2. The first-order valence-electron chi connectivity index (χ1n) is 34.3. The number of rotatable bonds is 24. The van der Waals surface area contributed by atoms with E-state index < -0.39 is 86.6 Å². The Labute approximate surface area is 607 Å². The van der Waals surface area contributed by atoms with E-state index in [0.717, 1.165) is 0 Å². The molecule has 4 aromatic carbocycles. The van der Waals surface area contributed by atoms with Crippen LogP contribution in [0.2, 0.25) is 0 Å². The van der Waals surface area contributed by atoms with Crippen LogP contribution in [0.1, 0.15) is 183 Å². The Bertz CT molecular complexity index is 3610. The minimum atomic E-state index is -4.79. The lowest BCUT2D eigenvalue weighted by Gasteiger charge is -2.47. The molecule has 0 bridgehead atoms. The van der Waals surface area contributed by atoms with E-state index in [1.54, 1.807) is 92.4 Å². The van der Waals surface area contributed by atoms with Gasteiger partial charge in [-0.3, -0.25) is 28.3 Å². The van der Waals surface area contributed by atoms with Gasteiger partial charge in [-0.15, -0.1) is 0 Å². The quantitative estimate of drug-likeness (QED) is 0.0358. The van der Waals surface area contributed by atoms with Crippen LogP contribution in [-0.2, 0) is 65.4 Å². The monoisotopic (exact) mass is 1470 g/mol. The lowest BCUT2D eigenvalue weighted by Crippen LogP contribution is -2.55. The lowest BCUT2D eigenvalue weighted by molar-refractivity contribution is -0.230. The summed E-state index contributed by atoms with van der Waals surface area (Å²) in [7, 11) is -9.58. The smallest absolute Gasteiger partial charge is 0.268 e. The molecule has 0 aromatic heterocycles. The highest BCUT2D eigenvalue weighted by Crippen LogP contribution is 2.51. The average Bonchev–Trinajstić information content (AvgIpc) is 1.18. The molecule has 8 aliphatic rings. The summed E-state index contributed by atoms with van der Waals surface area (Å²) >= 11 is 0. The standard InChI is InChI=1S/2C36H43N4O10P.CH4.CH3/c2*1-35(2)33(31(39-13-5-7-29(39)41)25-19-23(21-37)9-11-27(25)49-35)45-15-17-47-51(43,44)48-18-16-46-34-32(40-14-6-8-30(40)42)26-20-24(22-38)10-12-28(26)50-36(34,3)4;;/h2*9-12,19-20,31-34H,5-8,13-18H2,1-4H3,(H,43,44);1H4;1H3/q;;;+1/p-2. The molecule has 0 radical (unpaired) electrons. The van der Waals surface area contributed by atoms with E-state index in [0.29, 0.717) is 145 Å². The van der Waals surface area contributed by atoms with Crippen LogP contribution in [0.25, 0.3) is 0 Å². The van der Waals surface area contributed by atoms with Crippen molar-refractivity contribution in [3.63, 3.8) is 0 Å². The van der Waals surface area contributed by atoms with E-state index in [-0.39, 0.29) is 91.3 Å². The van der Waals surface area contributed by atoms with Crippen LogP contribution in [0.5, 0.6) is 23.0 Å². The van der Waals surface area contributed by atoms with Crippen LogP contribution in [0.4, 0.5) is 0 Å². The first-order valence-corrected chi connectivity index (χ1v) is 37.2. The first kappa shape index (κ1) is 80.0. The van der Waals surface area contributed by atoms with Gasteiger partial charge >= 0.3 is 0 Å². The number of nitrogens with zero attached hydrogens (tertiary/aromatic N) is 8. The molecule has 28 nitrogen and oxygen atoms in total. The number of carbonyl (C=O) groups excluding carboxylic acids is 4. The second-order valence-corrected chi connectivity index (χ2v) is 31.0. The number of fused-ring (bicyclic) bond motifs is 4. The van der Waals surface area contributed by atoms with Crippen molar-refractivity contribution in [2.24, 2.45) is 0 Å². The van der Waals surface area contributed by atoms with Gasteiger partial charge in [-0.25, -0.2) is 0 Å². The zero-order chi connectivity index (χ0) is 73.1. The fourth-order valence-corrected chi connectivity index (χ4v) is 16.4. The van der Waals surface area contributed by atoms with E-state index >= 15 is 0 Å². The zero-order valence-corrected chi connectivity index (χ0v) is 61.1. The summed E-state index contributed by atoms with van der Waals surface area (Å²) in [4.78, 5) is 84.0. The summed E-state index contributed by atoms with van der Waals surface area (Å²) in [6, 6.07) is 26.6. The van der Waals surface area contributed by atoms with Crippen molar-refractivity contribution in [2.45, 2.75) is 185 Å². The number of carbonyl (C=O) groups is 4. The average molecular weight is 1470 g/mol. The maximum absolute atomic E-state index is 12.9. The Morgan fingerprint density at radius 1 is 0.394 bits per heavy atom. The van der Waals surface area contributed by atoms with Crippen molar-refractivity contribution in [1.82, 2.24) is 19.6 Å². The fourth-order valence-electron chi connectivity index (χ4n) is 15.0. The Balaban J connectivity index is 0.000000237. The van der Waals surface area contributed by atoms with Crippen molar-refractivity contribution in [3.8, 4) is 47.3 Å². The topological polar surface area (TPSA) is 367 Å². The third-order valence-electron chi connectivity index (χ3n) is 19.5. The van der Waals surface area contributed by atoms with Crippen molar-refractivity contribution in [3.05, 3.63) is 125 Å². The number of phosphoric acid groups is 2. The van der Waals surface area contributed by atoms with Gasteiger partial charge in [0.1, 0.15) is 69.8 Å². The molecule has 4 saturated heterocycles. The molecule has 4 aromatic rings. The second kappa shape index (κ2) is 32.7.